The highest BCUT2D eigenvalue weighted by Gasteiger charge is 2.31. The van der Waals surface area contributed by atoms with Gasteiger partial charge in [0.15, 0.2) is 0 Å². The van der Waals surface area contributed by atoms with Gasteiger partial charge in [-0.25, -0.2) is 4.98 Å². The summed E-state index contributed by atoms with van der Waals surface area (Å²) < 4.78 is 40.3. The lowest BCUT2D eigenvalue weighted by Gasteiger charge is -2.09. The number of alkyl halides is 3. The standard InChI is InChI=1S/C12H11F3N2OS/c1-16-6-9-7-19-11(17-9)8-3-2-4-10(5-8)18-12(13,14)15/h2-5,7,16H,6H2,1H3. The van der Waals surface area contributed by atoms with Gasteiger partial charge < -0.3 is 10.1 Å². The first-order valence-electron chi connectivity index (χ1n) is 5.43. The number of nitrogens with one attached hydrogen (secondary N) is 1. The number of hydrogen-bond acceptors (Lipinski definition) is 4. The maximum absolute atomic E-state index is 12.1. The smallest absolute Gasteiger partial charge is 0.406 e. The number of hydrogen-bond donors (Lipinski definition) is 1. The molecule has 1 aromatic heterocycles. The summed E-state index contributed by atoms with van der Waals surface area (Å²) in [5.41, 5.74) is 1.46. The first-order chi connectivity index (χ1) is 8.98. The van der Waals surface area contributed by atoms with Crippen molar-refractivity contribution in [2.45, 2.75) is 12.9 Å². The van der Waals surface area contributed by atoms with E-state index in [0.29, 0.717) is 17.1 Å². The van der Waals surface area contributed by atoms with Gasteiger partial charge in [-0.05, 0) is 19.2 Å². The lowest BCUT2D eigenvalue weighted by molar-refractivity contribution is -0.274. The summed E-state index contributed by atoms with van der Waals surface area (Å²) in [5.74, 6) is -0.240. The summed E-state index contributed by atoms with van der Waals surface area (Å²) in [7, 11) is 1.80. The Bertz CT molecular complexity index is 554. The molecule has 0 aliphatic rings. The van der Waals surface area contributed by atoms with Crippen LogP contribution in [0.4, 0.5) is 13.2 Å². The van der Waals surface area contributed by atoms with Crippen molar-refractivity contribution in [2.75, 3.05) is 7.05 Å². The first-order valence-corrected chi connectivity index (χ1v) is 6.31. The van der Waals surface area contributed by atoms with Crippen molar-refractivity contribution in [3.8, 4) is 16.3 Å². The zero-order valence-corrected chi connectivity index (χ0v) is 10.8. The van der Waals surface area contributed by atoms with Crippen molar-refractivity contribution in [3.63, 3.8) is 0 Å². The van der Waals surface area contributed by atoms with Gasteiger partial charge in [-0.15, -0.1) is 24.5 Å². The second kappa shape index (κ2) is 5.58. The van der Waals surface area contributed by atoms with Crippen molar-refractivity contribution < 1.29 is 17.9 Å². The third-order valence-corrected chi connectivity index (χ3v) is 3.16. The van der Waals surface area contributed by atoms with Crippen molar-refractivity contribution in [3.05, 3.63) is 35.3 Å². The van der Waals surface area contributed by atoms with Crippen molar-refractivity contribution >= 4 is 11.3 Å². The summed E-state index contributed by atoms with van der Waals surface area (Å²) in [6, 6.07) is 5.80. The second-order valence-corrected chi connectivity index (χ2v) is 4.61. The van der Waals surface area contributed by atoms with E-state index in [-0.39, 0.29) is 5.75 Å². The van der Waals surface area contributed by atoms with Gasteiger partial charge in [-0.1, -0.05) is 12.1 Å². The highest BCUT2D eigenvalue weighted by Crippen LogP contribution is 2.29. The number of thiazole rings is 1. The molecule has 1 N–H and O–H groups in total. The van der Waals surface area contributed by atoms with Gasteiger partial charge in [0.25, 0.3) is 0 Å². The van der Waals surface area contributed by atoms with Crippen LogP contribution in [0.3, 0.4) is 0 Å². The Morgan fingerprint density at radius 2 is 2.16 bits per heavy atom. The molecule has 0 fully saturated rings. The molecule has 3 nitrogen and oxygen atoms in total. The Labute approximate surface area is 112 Å². The molecule has 0 unspecified atom stereocenters. The molecule has 102 valence electrons. The third kappa shape index (κ3) is 3.93. The normalized spacial score (nSPS) is 11.6. The number of ether oxygens (including phenoxy) is 1. The van der Waals surface area contributed by atoms with Crippen molar-refractivity contribution in [1.29, 1.82) is 0 Å². The molecule has 1 aromatic carbocycles. The summed E-state index contributed by atoms with van der Waals surface area (Å²) in [6.45, 7) is 0.620. The molecule has 0 atom stereocenters. The summed E-state index contributed by atoms with van der Waals surface area (Å²) in [6.07, 6.45) is -4.68. The predicted molar refractivity (Wildman–Crippen MR) is 67.0 cm³/mol. The Balaban J connectivity index is 2.22. The molecule has 2 aromatic rings. The van der Waals surface area contributed by atoms with E-state index in [1.807, 2.05) is 5.38 Å². The van der Waals surface area contributed by atoms with Crippen molar-refractivity contribution in [1.82, 2.24) is 10.3 Å². The second-order valence-electron chi connectivity index (χ2n) is 3.75. The Morgan fingerprint density at radius 3 is 2.84 bits per heavy atom. The lowest BCUT2D eigenvalue weighted by Crippen LogP contribution is -2.17. The van der Waals surface area contributed by atoms with Crippen LogP contribution in [0.2, 0.25) is 0 Å². The molecule has 1 heterocycles. The Morgan fingerprint density at radius 1 is 1.37 bits per heavy atom. The Kier molecular flexibility index (Phi) is 4.06. The fourth-order valence-corrected chi connectivity index (χ4v) is 2.34. The van der Waals surface area contributed by atoms with Gasteiger partial charge in [0.05, 0.1) is 5.69 Å². The number of nitrogens with zero attached hydrogens (tertiary/aromatic N) is 1. The summed E-state index contributed by atoms with van der Waals surface area (Å²) >= 11 is 1.38. The monoisotopic (exact) mass is 288 g/mol. The Hall–Kier alpha value is -1.60. The summed E-state index contributed by atoms with van der Waals surface area (Å²) in [4.78, 5) is 4.33. The molecule has 0 saturated carbocycles. The third-order valence-electron chi connectivity index (χ3n) is 2.22. The minimum atomic E-state index is -4.68. The lowest BCUT2D eigenvalue weighted by atomic mass is 10.2. The first kappa shape index (κ1) is 13.8. The molecule has 0 saturated heterocycles. The summed E-state index contributed by atoms with van der Waals surface area (Å²) in [5, 5.41) is 5.49. The van der Waals surface area contributed by atoms with Crippen LogP contribution in [-0.4, -0.2) is 18.4 Å². The molecule has 0 radical (unpaired) electrons. The van der Waals surface area contributed by atoms with E-state index in [9.17, 15) is 13.2 Å². The fraction of sp³-hybridized carbons (Fsp3) is 0.250. The maximum Gasteiger partial charge on any atom is 0.573 e. The van der Waals surface area contributed by atoms with E-state index in [1.165, 1.54) is 29.5 Å². The molecule has 0 aliphatic carbocycles. The zero-order valence-electron chi connectivity index (χ0n) is 9.99. The number of halogens is 3. The van der Waals surface area contributed by atoms with Crippen LogP contribution in [0.25, 0.3) is 10.6 Å². The van der Waals surface area contributed by atoms with Crippen LogP contribution < -0.4 is 10.1 Å². The van der Waals surface area contributed by atoms with Gasteiger partial charge in [0, 0.05) is 17.5 Å². The van der Waals surface area contributed by atoms with E-state index < -0.39 is 6.36 Å². The maximum atomic E-state index is 12.1. The predicted octanol–water partition coefficient (Wildman–Crippen LogP) is 3.43. The van der Waals surface area contributed by atoms with Gasteiger partial charge in [0.1, 0.15) is 10.8 Å². The largest absolute Gasteiger partial charge is 0.573 e. The van der Waals surface area contributed by atoms with E-state index >= 15 is 0 Å². The molecule has 0 amide bonds. The molecular weight excluding hydrogens is 277 g/mol. The number of benzene rings is 1. The van der Waals surface area contributed by atoms with Crippen LogP contribution in [0.1, 0.15) is 5.69 Å². The molecule has 0 spiro atoms. The molecular formula is C12H11F3N2OS. The van der Waals surface area contributed by atoms with Crippen LogP contribution in [0, 0.1) is 0 Å². The van der Waals surface area contributed by atoms with E-state index in [4.69, 9.17) is 0 Å². The minimum Gasteiger partial charge on any atom is -0.406 e. The highest BCUT2D eigenvalue weighted by molar-refractivity contribution is 7.13. The van der Waals surface area contributed by atoms with Crippen LogP contribution >= 0.6 is 11.3 Å². The SMILES string of the molecule is CNCc1csc(-c2cccc(OC(F)(F)F)c2)n1. The van der Waals surface area contributed by atoms with E-state index in [1.54, 1.807) is 13.1 Å². The van der Waals surface area contributed by atoms with E-state index in [0.717, 1.165) is 5.69 Å². The van der Waals surface area contributed by atoms with Crippen LogP contribution in [0.15, 0.2) is 29.6 Å². The van der Waals surface area contributed by atoms with Crippen molar-refractivity contribution in [2.24, 2.45) is 0 Å². The molecule has 0 aliphatic heterocycles. The number of rotatable bonds is 4. The van der Waals surface area contributed by atoms with Gasteiger partial charge in [-0.2, -0.15) is 0 Å². The van der Waals surface area contributed by atoms with E-state index in [2.05, 4.69) is 15.0 Å². The van der Waals surface area contributed by atoms with Gasteiger partial charge in [0.2, 0.25) is 0 Å². The number of aromatic nitrogens is 1. The highest BCUT2D eigenvalue weighted by atomic mass is 32.1. The van der Waals surface area contributed by atoms with Crippen LogP contribution in [-0.2, 0) is 6.54 Å². The van der Waals surface area contributed by atoms with Gasteiger partial charge >= 0.3 is 6.36 Å². The van der Waals surface area contributed by atoms with Gasteiger partial charge in [-0.3, -0.25) is 0 Å². The average Bonchev–Trinajstić information content (AvgIpc) is 2.76. The quantitative estimate of drug-likeness (QED) is 0.936. The molecule has 2 rings (SSSR count). The molecule has 19 heavy (non-hydrogen) atoms. The molecule has 7 heteroatoms. The van der Waals surface area contributed by atoms with Crippen LogP contribution in [0.5, 0.6) is 5.75 Å². The topological polar surface area (TPSA) is 34.1 Å². The average molecular weight is 288 g/mol. The molecule has 0 bridgehead atoms. The fourth-order valence-electron chi connectivity index (χ4n) is 1.53. The zero-order chi connectivity index (χ0) is 13.9. The minimum absolute atomic E-state index is 0.240.